The van der Waals surface area contributed by atoms with Crippen LogP contribution in [0.25, 0.3) is 0 Å². The van der Waals surface area contributed by atoms with Crippen molar-refractivity contribution >= 4 is 11.9 Å². The number of hydrogen-bond acceptors (Lipinski definition) is 2. The van der Waals surface area contributed by atoms with Crippen molar-refractivity contribution in [1.82, 2.24) is 4.90 Å². The van der Waals surface area contributed by atoms with Gasteiger partial charge in [0.2, 0.25) is 5.91 Å². The van der Waals surface area contributed by atoms with Crippen LogP contribution in [0.1, 0.15) is 52.9 Å². The molecule has 0 aromatic rings. The Kier molecular flexibility index (Phi) is 5.78. The number of carbonyl (C=O) groups excluding carboxylic acids is 1. The number of nitrogens with zero attached hydrogens (tertiary/aromatic N) is 1. The highest BCUT2D eigenvalue weighted by molar-refractivity contribution is 5.85. The number of aliphatic carboxylic acids is 1. The molecule has 20 heavy (non-hydrogen) atoms. The summed E-state index contributed by atoms with van der Waals surface area (Å²) in [6.45, 7) is 9.60. The Morgan fingerprint density at radius 3 is 2.35 bits per heavy atom. The molecule has 1 fully saturated rings. The van der Waals surface area contributed by atoms with E-state index in [0.29, 0.717) is 6.54 Å². The largest absolute Gasteiger partial charge is 0.481 e. The Labute approximate surface area is 121 Å². The van der Waals surface area contributed by atoms with Crippen LogP contribution < -0.4 is 0 Å². The molecular weight excluding hydrogens is 254 g/mol. The summed E-state index contributed by atoms with van der Waals surface area (Å²) in [5.74, 6) is -1.04. The lowest BCUT2D eigenvalue weighted by atomic mass is 9.76. The maximum absolute atomic E-state index is 12.6. The molecule has 0 spiro atoms. The molecule has 1 saturated carbocycles. The number of rotatable bonds is 7. The predicted octanol–water partition coefficient (Wildman–Crippen LogP) is 3.08. The van der Waals surface area contributed by atoms with Crippen molar-refractivity contribution in [3.05, 3.63) is 12.7 Å². The minimum absolute atomic E-state index is 0.0598. The Hall–Kier alpha value is -1.32. The SMILES string of the molecule is C=CCN(C(=O)CC(C)(C(=O)O)C(C)C)C1CCCC1. The van der Waals surface area contributed by atoms with E-state index in [-0.39, 0.29) is 24.3 Å². The monoisotopic (exact) mass is 281 g/mol. The van der Waals surface area contributed by atoms with Crippen LogP contribution in [0.2, 0.25) is 0 Å². The third kappa shape index (κ3) is 3.62. The Balaban J connectivity index is 2.83. The lowest BCUT2D eigenvalue weighted by Gasteiger charge is -2.34. The summed E-state index contributed by atoms with van der Waals surface area (Å²) < 4.78 is 0. The lowest BCUT2D eigenvalue weighted by molar-refractivity contribution is -0.156. The first kappa shape index (κ1) is 16.7. The minimum Gasteiger partial charge on any atom is -0.481 e. The molecule has 1 aliphatic carbocycles. The van der Waals surface area contributed by atoms with E-state index >= 15 is 0 Å². The second-order valence-electron chi connectivity index (χ2n) is 6.33. The lowest BCUT2D eigenvalue weighted by Crippen LogP contribution is -2.44. The van der Waals surface area contributed by atoms with Crippen molar-refractivity contribution in [2.45, 2.75) is 58.9 Å². The van der Waals surface area contributed by atoms with Crippen LogP contribution in [0.5, 0.6) is 0 Å². The third-order valence-electron chi connectivity index (χ3n) is 4.69. The molecule has 1 amide bonds. The van der Waals surface area contributed by atoms with E-state index in [0.717, 1.165) is 25.7 Å². The number of amides is 1. The summed E-state index contributed by atoms with van der Waals surface area (Å²) in [4.78, 5) is 25.9. The smallest absolute Gasteiger partial charge is 0.310 e. The zero-order chi connectivity index (χ0) is 15.3. The molecule has 1 aliphatic rings. The first-order chi connectivity index (χ1) is 9.32. The van der Waals surface area contributed by atoms with Crippen molar-refractivity contribution in [2.75, 3.05) is 6.54 Å². The maximum Gasteiger partial charge on any atom is 0.310 e. The fourth-order valence-electron chi connectivity index (χ4n) is 2.75. The van der Waals surface area contributed by atoms with Crippen LogP contribution in [0.15, 0.2) is 12.7 Å². The van der Waals surface area contributed by atoms with E-state index in [1.807, 2.05) is 18.7 Å². The van der Waals surface area contributed by atoms with E-state index in [2.05, 4.69) is 6.58 Å². The molecule has 0 radical (unpaired) electrons. The van der Waals surface area contributed by atoms with E-state index in [4.69, 9.17) is 0 Å². The number of hydrogen-bond donors (Lipinski definition) is 1. The Morgan fingerprint density at radius 2 is 1.95 bits per heavy atom. The van der Waals surface area contributed by atoms with E-state index < -0.39 is 11.4 Å². The normalized spacial score (nSPS) is 18.8. The molecule has 114 valence electrons. The van der Waals surface area contributed by atoms with Crippen molar-refractivity contribution in [1.29, 1.82) is 0 Å². The molecule has 0 aliphatic heterocycles. The second kappa shape index (κ2) is 6.91. The molecule has 0 bridgehead atoms. The zero-order valence-corrected chi connectivity index (χ0v) is 12.9. The first-order valence-electron chi connectivity index (χ1n) is 7.46. The number of carboxylic acids is 1. The van der Waals surface area contributed by atoms with Gasteiger partial charge in [-0.1, -0.05) is 32.8 Å². The van der Waals surface area contributed by atoms with E-state index in [9.17, 15) is 14.7 Å². The van der Waals surface area contributed by atoms with Crippen molar-refractivity contribution in [2.24, 2.45) is 11.3 Å². The topological polar surface area (TPSA) is 57.6 Å². The van der Waals surface area contributed by atoms with Gasteiger partial charge in [0, 0.05) is 19.0 Å². The highest BCUT2D eigenvalue weighted by Gasteiger charge is 2.40. The van der Waals surface area contributed by atoms with Gasteiger partial charge in [0.05, 0.1) is 5.41 Å². The quantitative estimate of drug-likeness (QED) is 0.730. The summed E-state index contributed by atoms with van der Waals surface area (Å²) in [5, 5.41) is 9.44. The van der Waals surface area contributed by atoms with Crippen LogP contribution in [-0.4, -0.2) is 34.5 Å². The molecule has 1 N–H and O–H groups in total. The van der Waals surface area contributed by atoms with Gasteiger partial charge in [0.1, 0.15) is 0 Å². The van der Waals surface area contributed by atoms with Crippen LogP contribution >= 0.6 is 0 Å². The molecule has 0 saturated heterocycles. The molecule has 1 rings (SSSR count). The van der Waals surface area contributed by atoms with Gasteiger partial charge in [0.15, 0.2) is 0 Å². The molecule has 4 heteroatoms. The van der Waals surface area contributed by atoms with Crippen molar-refractivity contribution in [3.63, 3.8) is 0 Å². The average molecular weight is 281 g/mol. The molecule has 1 atom stereocenters. The highest BCUT2D eigenvalue weighted by atomic mass is 16.4. The van der Waals surface area contributed by atoms with E-state index in [1.165, 1.54) is 0 Å². The first-order valence-corrected chi connectivity index (χ1v) is 7.46. The summed E-state index contributed by atoms with van der Waals surface area (Å²) in [6.07, 6.45) is 6.11. The zero-order valence-electron chi connectivity index (χ0n) is 12.9. The second-order valence-corrected chi connectivity index (χ2v) is 6.33. The van der Waals surface area contributed by atoms with Gasteiger partial charge in [-0.05, 0) is 25.7 Å². The van der Waals surface area contributed by atoms with Gasteiger partial charge >= 0.3 is 5.97 Å². The summed E-state index contributed by atoms with van der Waals surface area (Å²) >= 11 is 0. The predicted molar refractivity (Wildman–Crippen MR) is 79.4 cm³/mol. The average Bonchev–Trinajstić information content (AvgIpc) is 2.88. The van der Waals surface area contributed by atoms with Gasteiger partial charge < -0.3 is 10.0 Å². The van der Waals surface area contributed by atoms with Gasteiger partial charge in [0.25, 0.3) is 0 Å². The summed E-state index contributed by atoms with van der Waals surface area (Å²) in [5.41, 5.74) is -1.00. The number of carbonyl (C=O) groups is 2. The molecule has 0 aromatic heterocycles. The van der Waals surface area contributed by atoms with Gasteiger partial charge in [-0.3, -0.25) is 9.59 Å². The van der Waals surface area contributed by atoms with Gasteiger partial charge in [-0.25, -0.2) is 0 Å². The molecule has 0 heterocycles. The summed E-state index contributed by atoms with van der Waals surface area (Å²) in [6, 6.07) is 0.255. The van der Waals surface area contributed by atoms with Gasteiger partial charge in [-0.15, -0.1) is 6.58 Å². The van der Waals surface area contributed by atoms with Crippen LogP contribution in [0.4, 0.5) is 0 Å². The van der Waals surface area contributed by atoms with E-state index in [1.54, 1.807) is 13.0 Å². The van der Waals surface area contributed by atoms with Gasteiger partial charge in [-0.2, -0.15) is 0 Å². The number of carboxylic acid groups (broad SMARTS) is 1. The fraction of sp³-hybridized carbons (Fsp3) is 0.750. The molecular formula is C16H27NO3. The minimum atomic E-state index is -1.00. The Morgan fingerprint density at radius 1 is 1.40 bits per heavy atom. The maximum atomic E-state index is 12.6. The fourth-order valence-corrected chi connectivity index (χ4v) is 2.75. The van der Waals surface area contributed by atoms with Crippen molar-refractivity contribution < 1.29 is 14.7 Å². The highest BCUT2D eigenvalue weighted by Crippen LogP contribution is 2.33. The third-order valence-corrected chi connectivity index (χ3v) is 4.69. The Bertz CT molecular complexity index is 372. The molecule has 1 unspecified atom stereocenters. The standard InChI is InChI=1S/C16H27NO3/c1-5-10-17(13-8-6-7-9-13)14(18)11-16(4,12(2)3)15(19)20/h5,12-13H,1,6-11H2,2-4H3,(H,19,20). The van der Waals surface area contributed by atoms with Crippen LogP contribution in [-0.2, 0) is 9.59 Å². The van der Waals surface area contributed by atoms with Crippen LogP contribution in [0.3, 0.4) is 0 Å². The summed E-state index contributed by atoms with van der Waals surface area (Å²) in [7, 11) is 0. The van der Waals surface area contributed by atoms with Crippen LogP contribution in [0, 0.1) is 11.3 Å². The molecule has 4 nitrogen and oxygen atoms in total. The molecule has 0 aromatic carbocycles. The van der Waals surface area contributed by atoms with Crippen molar-refractivity contribution in [3.8, 4) is 0 Å².